The molecule has 0 amide bonds. The number of carboxylic acid groups (broad SMARTS) is 1. The Bertz CT molecular complexity index is 617. The molecule has 5 heteroatoms. The number of hydrogen-bond donors (Lipinski definition) is 2. The Hall–Kier alpha value is -2.43. The van der Waals surface area contributed by atoms with Gasteiger partial charge in [-0.25, -0.2) is 4.79 Å². The van der Waals surface area contributed by atoms with Crippen molar-refractivity contribution in [3.8, 4) is 0 Å². The minimum Gasteiger partial charge on any atom is -0.475 e. The van der Waals surface area contributed by atoms with Gasteiger partial charge in [0.15, 0.2) is 0 Å². The lowest BCUT2D eigenvalue weighted by molar-refractivity contribution is 0.0661. The molecule has 0 radical (unpaired) electrons. The van der Waals surface area contributed by atoms with Crippen molar-refractivity contribution < 1.29 is 14.3 Å². The molecule has 1 aromatic carbocycles. The van der Waals surface area contributed by atoms with Crippen LogP contribution in [0.15, 0.2) is 34.9 Å². The minimum absolute atomic E-state index is 0.0163. The summed E-state index contributed by atoms with van der Waals surface area (Å²) in [5.41, 5.74) is 3.89. The Kier molecular flexibility index (Phi) is 3.98. The number of aromatic carboxylic acids is 1. The Morgan fingerprint density at radius 3 is 2.75 bits per heavy atom. The molecule has 0 aliphatic heterocycles. The Morgan fingerprint density at radius 1 is 1.35 bits per heavy atom. The molecular weight excluding hydrogens is 256 g/mol. The standard InChI is InChI=1S/C15H18N2O3/c1-10-4-5-12(8-13(10)17(2)3)16-9-11-6-7-20-14(11)15(18)19/h4-8,16H,9H2,1-3H3,(H,18,19). The van der Waals surface area contributed by atoms with E-state index < -0.39 is 5.97 Å². The highest BCUT2D eigenvalue weighted by molar-refractivity contribution is 5.86. The summed E-state index contributed by atoms with van der Waals surface area (Å²) in [6, 6.07) is 7.71. The molecule has 106 valence electrons. The molecule has 1 aromatic heterocycles. The third-order valence-corrected chi connectivity index (χ3v) is 3.11. The molecule has 20 heavy (non-hydrogen) atoms. The van der Waals surface area contributed by atoms with E-state index in [1.54, 1.807) is 6.07 Å². The van der Waals surface area contributed by atoms with Crippen molar-refractivity contribution >= 4 is 17.3 Å². The number of nitrogens with zero attached hydrogens (tertiary/aromatic N) is 1. The SMILES string of the molecule is Cc1ccc(NCc2ccoc2C(=O)O)cc1N(C)C. The molecule has 0 unspecified atom stereocenters. The fourth-order valence-corrected chi connectivity index (χ4v) is 2.06. The molecule has 0 aliphatic rings. The van der Waals surface area contributed by atoms with Crippen molar-refractivity contribution in [2.45, 2.75) is 13.5 Å². The molecular formula is C15H18N2O3. The molecule has 2 rings (SSSR count). The summed E-state index contributed by atoms with van der Waals surface area (Å²) >= 11 is 0. The molecule has 0 fully saturated rings. The first-order valence-corrected chi connectivity index (χ1v) is 6.30. The lowest BCUT2D eigenvalue weighted by Crippen LogP contribution is -2.11. The fourth-order valence-electron chi connectivity index (χ4n) is 2.06. The van der Waals surface area contributed by atoms with Crippen LogP contribution in [0, 0.1) is 6.92 Å². The average molecular weight is 274 g/mol. The number of hydrogen-bond acceptors (Lipinski definition) is 4. The molecule has 5 nitrogen and oxygen atoms in total. The maximum atomic E-state index is 11.0. The van der Waals surface area contributed by atoms with Crippen molar-refractivity contribution in [2.75, 3.05) is 24.3 Å². The number of furan rings is 1. The van der Waals surface area contributed by atoms with Crippen LogP contribution in [0.1, 0.15) is 21.7 Å². The van der Waals surface area contributed by atoms with Gasteiger partial charge in [-0.15, -0.1) is 0 Å². The van der Waals surface area contributed by atoms with E-state index in [-0.39, 0.29) is 5.76 Å². The van der Waals surface area contributed by atoms with E-state index in [0.717, 1.165) is 11.4 Å². The van der Waals surface area contributed by atoms with Gasteiger partial charge in [0.1, 0.15) is 0 Å². The Labute approximate surface area is 117 Å². The second kappa shape index (κ2) is 5.69. The summed E-state index contributed by atoms with van der Waals surface area (Å²) in [5.74, 6) is -1.07. The lowest BCUT2D eigenvalue weighted by atomic mass is 10.1. The highest BCUT2D eigenvalue weighted by Gasteiger charge is 2.13. The van der Waals surface area contributed by atoms with Crippen LogP contribution < -0.4 is 10.2 Å². The number of rotatable bonds is 5. The minimum atomic E-state index is -1.05. The third-order valence-electron chi connectivity index (χ3n) is 3.11. The summed E-state index contributed by atoms with van der Waals surface area (Å²) in [4.78, 5) is 13.0. The van der Waals surface area contributed by atoms with Crippen molar-refractivity contribution in [1.29, 1.82) is 0 Å². The highest BCUT2D eigenvalue weighted by atomic mass is 16.4. The maximum absolute atomic E-state index is 11.0. The Morgan fingerprint density at radius 2 is 2.10 bits per heavy atom. The smallest absolute Gasteiger partial charge is 0.372 e. The summed E-state index contributed by atoms with van der Waals surface area (Å²) in [5, 5.41) is 12.2. The summed E-state index contributed by atoms with van der Waals surface area (Å²) in [7, 11) is 3.98. The van der Waals surface area contributed by atoms with Gasteiger partial charge in [0, 0.05) is 37.6 Å². The van der Waals surface area contributed by atoms with Crippen molar-refractivity contribution in [3.05, 3.63) is 47.4 Å². The van der Waals surface area contributed by atoms with Gasteiger partial charge >= 0.3 is 5.97 Å². The zero-order valence-corrected chi connectivity index (χ0v) is 11.8. The van der Waals surface area contributed by atoms with Crippen molar-refractivity contribution in [2.24, 2.45) is 0 Å². The molecule has 1 heterocycles. The number of anilines is 2. The first-order chi connectivity index (χ1) is 9.49. The molecule has 0 saturated carbocycles. The van der Waals surface area contributed by atoms with Crippen molar-refractivity contribution in [1.82, 2.24) is 0 Å². The number of aryl methyl sites for hydroxylation is 1. The second-order valence-corrected chi connectivity index (χ2v) is 4.83. The lowest BCUT2D eigenvalue weighted by Gasteiger charge is -2.17. The number of carboxylic acids is 1. The van der Waals surface area contributed by atoms with Crippen molar-refractivity contribution in [3.63, 3.8) is 0 Å². The normalized spacial score (nSPS) is 10.3. The van der Waals surface area contributed by atoms with Crippen LogP contribution in [0.2, 0.25) is 0 Å². The van der Waals surface area contributed by atoms with Crippen LogP contribution in [0.25, 0.3) is 0 Å². The molecule has 2 N–H and O–H groups in total. The van der Waals surface area contributed by atoms with E-state index in [4.69, 9.17) is 9.52 Å². The predicted octanol–water partition coefficient (Wildman–Crippen LogP) is 2.96. The Balaban J connectivity index is 2.13. The van der Waals surface area contributed by atoms with Crippen LogP contribution in [0.4, 0.5) is 11.4 Å². The zero-order chi connectivity index (χ0) is 14.7. The van der Waals surface area contributed by atoms with Gasteiger partial charge in [0.25, 0.3) is 0 Å². The molecule has 0 aliphatic carbocycles. The van der Waals surface area contributed by atoms with Gasteiger partial charge < -0.3 is 19.7 Å². The summed E-state index contributed by atoms with van der Waals surface area (Å²) in [6.07, 6.45) is 1.39. The molecule has 0 saturated heterocycles. The summed E-state index contributed by atoms with van der Waals surface area (Å²) < 4.78 is 4.95. The predicted molar refractivity (Wildman–Crippen MR) is 78.5 cm³/mol. The molecule has 0 bridgehead atoms. The summed E-state index contributed by atoms with van der Waals surface area (Å²) in [6.45, 7) is 2.46. The van der Waals surface area contributed by atoms with Gasteiger partial charge in [-0.05, 0) is 30.7 Å². The third kappa shape index (κ3) is 2.93. The highest BCUT2D eigenvalue weighted by Crippen LogP contribution is 2.23. The van der Waals surface area contributed by atoms with Crippen LogP contribution in [-0.4, -0.2) is 25.2 Å². The number of benzene rings is 1. The average Bonchev–Trinajstić information content (AvgIpc) is 2.86. The topological polar surface area (TPSA) is 65.7 Å². The van der Waals surface area contributed by atoms with E-state index >= 15 is 0 Å². The van der Waals surface area contributed by atoms with Crippen LogP contribution in [0.3, 0.4) is 0 Å². The zero-order valence-electron chi connectivity index (χ0n) is 11.8. The fraction of sp³-hybridized carbons (Fsp3) is 0.267. The van der Waals surface area contributed by atoms with E-state index in [1.807, 2.05) is 37.2 Å². The van der Waals surface area contributed by atoms with Gasteiger partial charge in [0.2, 0.25) is 5.76 Å². The monoisotopic (exact) mass is 274 g/mol. The van der Waals surface area contributed by atoms with Crippen LogP contribution in [0.5, 0.6) is 0 Å². The van der Waals surface area contributed by atoms with E-state index in [2.05, 4.69) is 12.2 Å². The largest absolute Gasteiger partial charge is 0.475 e. The second-order valence-electron chi connectivity index (χ2n) is 4.83. The molecule has 2 aromatic rings. The van der Waals surface area contributed by atoms with Crippen LogP contribution in [-0.2, 0) is 6.54 Å². The first kappa shape index (κ1) is 14.0. The maximum Gasteiger partial charge on any atom is 0.372 e. The molecule has 0 spiro atoms. The van der Waals surface area contributed by atoms with Gasteiger partial charge in [0.05, 0.1) is 6.26 Å². The van der Waals surface area contributed by atoms with E-state index in [9.17, 15) is 4.79 Å². The number of nitrogens with one attached hydrogen (secondary N) is 1. The van der Waals surface area contributed by atoms with Gasteiger partial charge in [-0.1, -0.05) is 6.07 Å². The number of carbonyl (C=O) groups is 1. The van der Waals surface area contributed by atoms with Gasteiger partial charge in [-0.3, -0.25) is 0 Å². The first-order valence-electron chi connectivity index (χ1n) is 6.30. The van der Waals surface area contributed by atoms with Crippen LogP contribution >= 0.6 is 0 Å². The quantitative estimate of drug-likeness (QED) is 0.877. The van der Waals surface area contributed by atoms with Gasteiger partial charge in [-0.2, -0.15) is 0 Å². The van der Waals surface area contributed by atoms with E-state index in [1.165, 1.54) is 11.8 Å². The van der Waals surface area contributed by atoms with E-state index in [0.29, 0.717) is 12.1 Å². The molecule has 0 atom stereocenters.